The highest BCUT2D eigenvalue weighted by Crippen LogP contribution is 2.20. The van der Waals surface area contributed by atoms with Gasteiger partial charge in [-0.1, -0.05) is 0 Å². The number of rotatable bonds is 3. The lowest BCUT2D eigenvalue weighted by Crippen LogP contribution is -2.45. The molecule has 1 saturated heterocycles. The third-order valence-corrected chi connectivity index (χ3v) is 4.53. The number of sulfonamides is 1. The Morgan fingerprint density at radius 2 is 2.17 bits per heavy atom. The van der Waals surface area contributed by atoms with Gasteiger partial charge in [-0.25, -0.2) is 13.1 Å². The van der Waals surface area contributed by atoms with Crippen LogP contribution in [0.4, 0.5) is 0 Å². The summed E-state index contributed by atoms with van der Waals surface area (Å²) in [7, 11) is -3.45. The first-order valence-electron chi connectivity index (χ1n) is 5.79. The predicted molar refractivity (Wildman–Crippen MR) is 71.6 cm³/mol. The van der Waals surface area contributed by atoms with Gasteiger partial charge in [0.2, 0.25) is 10.0 Å². The first-order valence-corrected chi connectivity index (χ1v) is 7.27. The molecule has 5 nitrogen and oxygen atoms in total. The first-order chi connectivity index (χ1) is 7.99. The van der Waals surface area contributed by atoms with E-state index in [9.17, 15) is 8.42 Å². The van der Waals surface area contributed by atoms with Crippen LogP contribution in [0, 0.1) is 13.8 Å². The summed E-state index contributed by atoms with van der Waals surface area (Å²) in [6.07, 6.45) is 1.87. The van der Waals surface area contributed by atoms with Crippen LogP contribution in [-0.2, 0) is 10.0 Å². The number of nitrogens with one attached hydrogen (secondary N) is 2. The molecule has 1 fully saturated rings. The Balaban J connectivity index is 0.00000162. The van der Waals surface area contributed by atoms with E-state index in [1.165, 1.54) is 0 Å². The third kappa shape index (κ3) is 3.47. The van der Waals surface area contributed by atoms with Crippen molar-refractivity contribution in [1.29, 1.82) is 0 Å². The van der Waals surface area contributed by atoms with Gasteiger partial charge in [-0.3, -0.25) is 0 Å². The Labute approximate surface area is 114 Å². The molecule has 0 radical (unpaired) electrons. The smallest absolute Gasteiger partial charge is 0.244 e. The van der Waals surface area contributed by atoms with Gasteiger partial charge in [0.15, 0.2) is 0 Å². The van der Waals surface area contributed by atoms with E-state index in [4.69, 9.17) is 4.42 Å². The second-order valence-electron chi connectivity index (χ2n) is 4.44. The Kier molecular flexibility index (Phi) is 5.21. The van der Waals surface area contributed by atoms with Gasteiger partial charge in [-0.2, -0.15) is 0 Å². The standard InChI is InChI=1S/C11H18N2O3S.ClH/c1-8-6-11(9(2)16-8)17(14,15)13-10-4-3-5-12-7-10;/h6,10,12-13H,3-5,7H2,1-2H3;1H. The molecular weight excluding hydrogens is 276 g/mol. The second-order valence-corrected chi connectivity index (χ2v) is 6.12. The van der Waals surface area contributed by atoms with E-state index in [0.29, 0.717) is 18.1 Å². The fraction of sp³-hybridized carbons (Fsp3) is 0.636. The van der Waals surface area contributed by atoms with E-state index < -0.39 is 10.0 Å². The minimum Gasteiger partial charge on any atom is -0.465 e. The SMILES string of the molecule is Cc1cc(S(=O)(=O)NC2CCCNC2)c(C)o1.Cl. The quantitative estimate of drug-likeness (QED) is 0.883. The summed E-state index contributed by atoms with van der Waals surface area (Å²) in [5, 5.41) is 3.18. The molecule has 1 atom stereocenters. The number of aryl methyl sites for hydroxylation is 2. The molecule has 1 aliphatic heterocycles. The molecule has 1 aromatic heterocycles. The molecule has 1 aliphatic rings. The molecule has 0 aliphatic carbocycles. The molecule has 0 saturated carbocycles. The van der Waals surface area contributed by atoms with E-state index in [1.807, 2.05) is 0 Å². The van der Waals surface area contributed by atoms with Crippen molar-refractivity contribution in [2.45, 2.75) is 37.6 Å². The molecule has 1 aromatic rings. The molecular formula is C11H19ClN2O3S. The van der Waals surface area contributed by atoms with Crippen molar-refractivity contribution < 1.29 is 12.8 Å². The number of hydrogen-bond donors (Lipinski definition) is 2. The topological polar surface area (TPSA) is 71.3 Å². The fourth-order valence-electron chi connectivity index (χ4n) is 2.11. The lowest BCUT2D eigenvalue weighted by Gasteiger charge is -2.23. The first kappa shape index (κ1) is 15.5. The van der Waals surface area contributed by atoms with E-state index in [0.717, 1.165) is 19.4 Å². The van der Waals surface area contributed by atoms with Crippen molar-refractivity contribution in [3.05, 3.63) is 17.6 Å². The van der Waals surface area contributed by atoms with Gasteiger partial charge in [0.05, 0.1) is 0 Å². The van der Waals surface area contributed by atoms with Crippen LogP contribution in [0.25, 0.3) is 0 Å². The third-order valence-electron chi connectivity index (χ3n) is 2.90. The van der Waals surface area contributed by atoms with Crippen molar-refractivity contribution >= 4 is 22.4 Å². The molecule has 104 valence electrons. The summed E-state index contributed by atoms with van der Waals surface area (Å²) in [6.45, 7) is 5.06. The molecule has 0 bridgehead atoms. The van der Waals surface area contributed by atoms with Crippen LogP contribution in [0.1, 0.15) is 24.4 Å². The second kappa shape index (κ2) is 6.06. The Morgan fingerprint density at radius 3 is 2.67 bits per heavy atom. The number of furan rings is 1. The van der Waals surface area contributed by atoms with Crippen LogP contribution >= 0.6 is 12.4 Å². The number of hydrogen-bond acceptors (Lipinski definition) is 4. The van der Waals surface area contributed by atoms with E-state index in [2.05, 4.69) is 10.0 Å². The summed E-state index contributed by atoms with van der Waals surface area (Å²) in [4.78, 5) is 0.251. The average molecular weight is 295 g/mol. The lowest BCUT2D eigenvalue weighted by molar-refractivity contribution is 0.428. The van der Waals surface area contributed by atoms with Crippen molar-refractivity contribution in [1.82, 2.24) is 10.0 Å². The molecule has 0 amide bonds. The van der Waals surface area contributed by atoms with Crippen LogP contribution < -0.4 is 10.0 Å². The fourth-order valence-corrected chi connectivity index (χ4v) is 3.62. The molecule has 0 spiro atoms. The highest BCUT2D eigenvalue weighted by molar-refractivity contribution is 7.89. The van der Waals surface area contributed by atoms with Crippen molar-refractivity contribution in [2.24, 2.45) is 0 Å². The zero-order valence-electron chi connectivity index (χ0n) is 10.5. The van der Waals surface area contributed by atoms with E-state index in [-0.39, 0.29) is 23.3 Å². The Morgan fingerprint density at radius 1 is 1.44 bits per heavy atom. The van der Waals surface area contributed by atoms with Gasteiger partial charge in [0, 0.05) is 12.6 Å². The molecule has 0 aromatic carbocycles. The monoisotopic (exact) mass is 294 g/mol. The predicted octanol–water partition coefficient (Wildman–Crippen LogP) is 1.35. The molecule has 2 N–H and O–H groups in total. The molecule has 2 rings (SSSR count). The molecule has 1 unspecified atom stereocenters. The van der Waals surface area contributed by atoms with Gasteiger partial charge in [-0.15, -0.1) is 12.4 Å². The zero-order chi connectivity index (χ0) is 12.5. The van der Waals surface area contributed by atoms with E-state index in [1.54, 1.807) is 19.9 Å². The van der Waals surface area contributed by atoms with Crippen LogP contribution in [0.5, 0.6) is 0 Å². The largest absolute Gasteiger partial charge is 0.465 e. The zero-order valence-corrected chi connectivity index (χ0v) is 12.2. The summed E-state index contributed by atoms with van der Waals surface area (Å²) in [5.41, 5.74) is 0. The molecule has 7 heteroatoms. The minimum atomic E-state index is -3.45. The van der Waals surface area contributed by atoms with Crippen LogP contribution in [0.3, 0.4) is 0 Å². The van der Waals surface area contributed by atoms with E-state index >= 15 is 0 Å². The summed E-state index contributed by atoms with van der Waals surface area (Å²) in [5.74, 6) is 1.06. The van der Waals surface area contributed by atoms with Gasteiger partial charge >= 0.3 is 0 Å². The summed E-state index contributed by atoms with van der Waals surface area (Å²) in [6, 6.07) is 1.54. The van der Waals surface area contributed by atoms with Gasteiger partial charge in [0.25, 0.3) is 0 Å². The molecule has 2 heterocycles. The van der Waals surface area contributed by atoms with Crippen molar-refractivity contribution in [3.63, 3.8) is 0 Å². The number of halogens is 1. The van der Waals surface area contributed by atoms with Crippen molar-refractivity contribution in [2.75, 3.05) is 13.1 Å². The van der Waals surface area contributed by atoms with Crippen LogP contribution in [0.2, 0.25) is 0 Å². The number of piperidine rings is 1. The maximum absolute atomic E-state index is 12.1. The maximum atomic E-state index is 12.1. The Hall–Kier alpha value is -0.560. The average Bonchev–Trinajstić information content (AvgIpc) is 2.59. The summed E-state index contributed by atoms with van der Waals surface area (Å²) < 4.78 is 32.2. The summed E-state index contributed by atoms with van der Waals surface area (Å²) >= 11 is 0. The highest BCUT2D eigenvalue weighted by atomic mass is 35.5. The maximum Gasteiger partial charge on any atom is 0.244 e. The molecule has 18 heavy (non-hydrogen) atoms. The Bertz CT molecular complexity index is 492. The minimum absolute atomic E-state index is 0. The van der Waals surface area contributed by atoms with Gasteiger partial charge in [-0.05, 0) is 39.3 Å². The van der Waals surface area contributed by atoms with Crippen LogP contribution in [0.15, 0.2) is 15.4 Å². The van der Waals surface area contributed by atoms with Gasteiger partial charge < -0.3 is 9.73 Å². The highest BCUT2D eigenvalue weighted by Gasteiger charge is 2.25. The van der Waals surface area contributed by atoms with Crippen molar-refractivity contribution in [3.8, 4) is 0 Å². The van der Waals surface area contributed by atoms with Crippen LogP contribution in [-0.4, -0.2) is 27.5 Å². The normalized spacial score (nSPS) is 20.4. The lowest BCUT2D eigenvalue weighted by atomic mass is 10.1. The van der Waals surface area contributed by atoms with Gasteiger partial charge in [0.1, 0.15) is 16.4 Å².